The van der Waals surface area contributed by atoms with Gasteiger partial charge in [0.15, 0.2) is 17.7 Å². The van der Waals surface area contributed by atoms with Gasteiger partial charge in [-0.1, -0.05) is 0 Å². The first-order valence-corrected chi connectivity index (χ1v) is 4.19. The smallest absolute Gasteiger partial charge is 0.262 e. The number of carbonyl (C=O) groups is 1. The summed E-state index contributed by atoms with van der Waals surface area (Å²) in [5, 5.41) is -0.742. The van der Waals surface area contributed by atoms with Crippen molar-refractivity contribution >= 4 is 16.8 Å². The van der Waals surface area contributed by atoms with Crippen LogP contribution in [-0.4, -0.2) is 11.3 Å². The Hall–Kier alpha value is -1.16. The van der Waals surface area contributed by atoms with Crippen molar-refractivity contribution in [3.63, 3.8) is 0 Å². The Morgan fingerprint density at radius 2 is 2.14 bits per heavy atom. The molecule has 0 fully saturated rings. The normalized spacial score (nSPS) is 12.3. The molecule has 0 spiro atoms. The van der Waals surface area contributed by atoms with Crippen LogP contribution in [0.15, 0.2) is 18.2 Å². The van der Waals surface area contributed by atoms with Crippen LogP contribution < -0.4 is 4.74 Å². The number of ether oxygens (including phenoxy) is 1. The fraction of sp³-hybridized carbons (Fsp3) is 0.222. The molecule has 5 heteroatoms. The van der Waals surface area contributed by atoms with Crippen LogP contribution in [0, 0.1) is 11.6 Å². The highest BCUT2D eigenvalue weighted by molar-refractivity contribution is 6.64. The second-order valence-corrected chi connectivity index (χ2v) is 3.01. The Balaban J connectivity index is 2.82. The highest BCUT2D eigenvalue weighted by Gasteiger charge is 2.14. The molecule has 1 rings (SSSR count). The molecule has 2 nitrogen and oxygen atoms in total. The number of halogens is 3. The van der Waals surface area contributed by atoms with E-state index in [4.69, 9.17) is 16.3 Å². The van der Waals surface area contributed by atoms with E-state index in [1.165, 1.54) is 6.92 Å². The van der Waals surface area contributed by atoms with Crippen LogP contribution in [0.2, 0.25) is 0 Å². The lowest BCUT2D eigenvalue weighted by atomic mass is 10.3. The minimum absolute atomic E-state index is 0.201. The van der Waals surface area contributed by atoms with Crippen molar-refractivity contribution in [3.05, 3.63) is 29.8 Å². The van der Waals surface area contributed by atoms with E-state index in [0.29, 0.717) is 6.07 Å². The maximum atomic E-state index is 13.0. The number of hydrogen-bond acceptors (Lipinski definition) is 2. The second-order valence-electron chi connectivity index (χ2n) is 2.64. The molecule has 76 valence electrons. The Morgan fingerprint density at radius 1 is 1.50 bits per heavy atom. The third-order valence-corrected chi connectivity index (χ3v) is 1.82. The lowest BCUT2D eigenvalue weighted by molar-refractivity contribution is -0.117. The Morgan fingerprint density at radius 3 is 2.64 bits per heavy atom. The molecular weight excluding hydrogens is 214 g/mol. The lowest BCUT2D eigenvalue weighted by Gasteiger charge is -2.10. The number of hydrogen-bond donors (Lipinski definition) is 0. The predicted molar refractivity (Wildman–Crippen MR) is 47.3 cm³/mol. The molecule has 1 unspecified atom stereocenters. The van der Waals surface area contributed by atoms with Gasteiger partial charge < -0.3 is 4.74 Å². The van der Waals surface area contributed by atoms with Gasteiger partial charge in [-0.25, -0.2) is 8.78 Å². The zero-order chi connectivity index (χ0) is 10.7. The fourth-order valence-electron chi connectivity index (χ4n) is 0.808. The third kappa shape index (κ3) is 2.67. The van der Waals surface area contributed by atoms with Crippen LogP contribution >= 0.6 is 11.6 Å². The van der Waals surface area contributed by atoms with Gasteiger partial charge >= 0.3 is 0 Å². The molecule has 0 bridgehead atoms. The van der Waals surface area contributed by atoms with Gasteiger partial charge in [0.05, 0.1) is 0 Å². The Bertz CT molecular complexity index is 355. The van der Waals surface area contributed by atoms with Crippen molar-refractivity contribution in [1.29, 1.82) is 0 Å². The van der Waals surface area contributed by atoms with Gasteiger partial charge in [0.2, 0.25) is 0 Å². The number of carbonyl (C=O) groups excluding carboxylic acids is 1. The van der Waals surface area contributed by atoms with Crippen LogP contribution in [0.4, 0.5) is 8.78 Å². The molecule has 1 atom stereocenters. The molecule has 0 radical (unpaired) electrons. The topological polar surface area (TPSA) is 26.3 Å². The second kappa shape index (κ2) is 4.37. The van der Waals surface area contributed by atoms with Crippen molar-refractivity contribution in [3.8, 4) is 5.75 Å². The summed E-state index contributed by atoms with van der Waals surface area (Å²) in [5.74, 6) is -1.78. The average molecular weight is 221 g/mol. The zero-order valence-corrected chi connectivity index (χ0v) is 8.02. The molecule has 14 heavy (non-hydrogen) atoms. The molecule has 0 N–H and O–H groups in total. The lowest BCUT2D eigenvalue weighted by Crippen LogP contribution is -2.19. The summed E-state index contributed by atoms with van der Waals surface area (Å²) in [7, 11) is 0. The minimum atomic E-state index is -0.961. The van der Waals surface area contributed by atoms with E-state index in [1.54, 1.807) is 0 Å². The van der Waals surface area contributed by atoms with Crippen LogP contribution in [-0.2, 0) is 4.79 Å². The standard InChI is InChI=1S/C9H7ClF2O2/c1-5(9(10)13)14-8-3-2-6(11)4-7(8)12/h2-5H,1H3. The third-order valence-electron chi connectivity index (χ3n) is 1.52. The van der Waals surface area contributed by atoms with Gasteiger partial charge in [0.25, 0.3) is 5.24 Å². The minimum Gasteiger partial charge on any atom is -0.478 e. The molecule has 1 aromatic carbocycles. The fourth-order valence-corrected chi connectivity index (χ4v) is 0.852. The molecule has 1 aromatic rings. The first kappa shape index (κ1) is 10.9. The summed E-state index contributed by atoms with van der Waals surface area (Å²) in [4.78, 5) is 10.6. The average Bonchev–Trinajstić information content (AvgIpc) is 2.09. The molecule has 0 amide bonds. The van der Waals surface area contributed by atoms with Crippen molar-refractivity contribution in [1.82, 2.24) is 0 Å². The molecule has 0 saturated heterocycles. The van der Waals surface area contributed by atoms with Crippen LogP contribution in [0.25, 0.3) is 0 Å². The number of rotatable bonds is 3. The van der Waals surface area contributed by atoms with Gasteiger partial charge in [0, 0.05) is 6.07 Å². The van der Waals surface area contributed by atoms with Crippen molar-refractivity contribution in [2.45, 2.75) is 13.0 Å². The van der Waals surface area contributed by atoms with Gasteiger partial charge in [-0.3, -0.25) is 4.79 Å². The van der Waals surface area contributed by atoms with E-state index in [0.717, 1.165) is 12.1 Å². The molecule has 0 saturated carbocycles. The summed E-state index contributed by atoms with van der Waals surface area (Å²) in [6.45, 7) is 1.37. The molecule has 0 aromatic heterocycles. The Labute approximate surface area is 84.4 Å². The summed E-state index contributed by atoms with van der Waals surface area (Å²) in [5.41, 5.74) is 0. The molecular formula is C9H7ClF2O2. The number of benzene rings is 1. The van der Waals surface area contributed by atoms with Gasteiger partial charge in [0.1, 0.15) is 5.82 Å². The van der Waals surface area contributed by atoms with E-state index >= 15 is 0 Å². The largest absolute Gasteiger partial charge is 0.478 e. The van der Waals surface area contributed by atoms with E-state index in [9.17, 15) is 13.6 Å². The van der Waals surface area contributed by atoms with Gasteiger partial charge in [-0.2, -0.15) is 0 Å². The van der Waals surface area contributed by atoms with Gasteiger partial charge in [-0.05, 0) is 30.7 Å². The van der Waals surface area contributed by atoms with Crippen molar-refractivity contribution < 1.29 is 18.3 Å². The SMILES string of the molecule is CC(Oc1ccc(F)cc1F)C(=O)Cl. The monoisotopic (exact) mass is 220 g/mol. The highest BCUT2D eigenvalue weighted by Crippen LogP contribution is 2.19. The predicted octanol–water partition coefficient (Wildman–Crippen LogP) is 2.50. The molecule has 0 aliphatic heterocycles. The van der Waals surface area contributed by atoms with Crippen LogP contribution in [0.3, 0.4) is 0 Å². The summed E-state index contributed by atoms with van der Waals surface area (Å²) in [6, 6.07) is 2.80. The van der Waals surface area contributed by atoms with Crippen LogP contribution in [0.1, 0.15) is 6.92 Å². The van der Waals surface area contributed by atoms with Crippen molar-refractivity contribution in [2.75, 3.05) is 0 Å². The molecule has 0 aliphatic rings. The summed E-state index contributed by atoms with van der Waals surface area (Å²) >= 11 is 5.10. The van der Waals surface area contributed by atoms with Gasteiger partial charge in [-0.15, -0.1) is 0 Å². The summed E-state index contributed by atoms with van der Waals surface area (Å²) in [6.07, 6.45) is -0.961. The van der Waals surface area contributed by atoms with E-state index in [2.05, 4.69) is 0 Å². The first-order valence-electron chi connectivity index (χ1n) is 3.81. The van der Waals surface area contributed by atoms with E-state index in [1.807, 2.05) is 0 Å². The van der Waals surface area contributed by atoms with Crippen molar-refractivity contribution in [2.24, 2.45) is 0 Å². The van der Waals surface area contributed by atoms with E-state index in [-0.39, 0.29) is 5.75 Å². The van der Waals surface area contributed by atoms with Crippen LogP contribution in [0.5, 0.6) is 5.75 Å². The van der Waals surface area contributed by atoms with E-state index < -0.39 is 23.0 Å². The first-order chi connectivity index (χ1) is 6.50. The quantitative estimate of drug-likeness (QED) is 0.732. The zero-order valence-electron chi connectivity index (χ0n) is 7.26. The maximum Gasteiger partial charge on any atom is 0.262 e. The highest BCUT2D eigenvalue weighted by atomic mass is 35.5. The summed E-state index contributed by atoms with van der Waals surface area (Å²) < 4.78 is 30.2. The Kier molecular flexibility index (Phi) is 3.41. The maximum absolute atomic E-state index is 13.0. The molecule has 0 heterocycles. The molecule has 0 aliphatic carbocycles.